The molecule has 9 nitrogen and oxygen atoms in total. The summed E-state index contributed by atoms with van der Waals surface area (Å²) in [6.45, 7) is 7.50. The van der Waals surface area contributed by atoms with Crippen molar-refractivity contribution in [1.29, 1.82) is 0 Å². The second kappa shape index (κ2) is 16.0. The van der Waals surface area contributed by atoms with Crippen LogP contribution in [0.25, 0.3) is 0 Å². The number of allylic oxidation sites excluding steroid dienone is 1. The Balaban J connectivity index is 1.15. The van der Waals surface area contributed by atoms with Gasteiger partial charge in [0.1, 0.15) is 0 Å². The lowest BCUT2D eigenvalue weighted by Crippen LogP contribution is -2.54. The molecule has 6 rings (SSSR count). The quantitative estimate of drug-likeness (QED) is 0.123. The maximum atomic E-state index is 14.8. The summed E-state index contributed by atoms with van der Waals surface area (Å²) in [5.74, 6) is -5.00. The van der Waals surface area contributed by atoms with E-state index < -0.39 is 53.3 Å². The molecule has 0 unspecified atom stereocenters. The van der Waals surface area contributed by atoms with Gasteiger partial charge in [0.25, 0.3) is 11.8 Å². The van der Waals surface area contributed by atoms with Crippen molar-refractivity contribution in [2.75, 3.05) is 57.4 Å². The van der Waals surface area contributed by atoms with Crippen molar-refractivity contribution in [2.45, 2.75) is 93.9 Å². The molecule has 2 saturated heterocycles. The van der Waals surface area contributed by atoms with Gasteiger partial charge in [-0.05, 0) is 93.3 Å². The van der Waals surface area contributed by atoms with E-state index in [0.717, 1.165) is 69.2 Å². The third-order valence-electron chi connectivity index (χ3n) is 12.1. The third-order valence-corrected chi connectivity index (χ3v) is 12.1. The lowest BCUT2D eigenvalue weighted by Gasteiger charge is -2.43. The number of carbonyl (C=O) groups excluding carboxylic acids is 3. The number of benzene rings is 2. The first-order valence-electron chi connectivity index (χ1n) is 18.9. The number of anilines is 2. The number of ether oxygens (including phenoxy) is 1. The van der Waals surface area contributed by atoms with Crippen LogP contribution in [0.4, 0.5) is 33.3 Å². The van der Waals surface area contributed by atoms with E-state index in [2.05, 4.69) is 34.8 Å². The number of piperidine rings is 1. The highest BCUT2D eigenvalue weighted by Crippen LogP contribution is 2.49. The number of piperazine rings is 1. The number of halogens is 5. The second-order valence-electron chi connectivity index (χ2n) is 15.5. The Morgan fingerprint density at radius 3 is 2.30 bits per heavy atom. The number of hydrogen-bond donors (Lipinski definition) is 2. The van der Waals surface area contributed by atoms with Crippen LogP contribution in [-0.2, 0) is 43.1 Å². The fourth-order valence-electron chi connectivity index (χ4n) is 8.84. The Morgan fingerprint density at radius 1 is 1.00 bits per heavy atom. The number of fused-ring (bicyclic) bond motifs is 2. The molecule has 1 atom stereocenters. The minimum Gasteiger partial charge on any atom is -0.452 e. The molecule has 4 aliphatic rings. The van der Waals surface area contributed by atoms with Gasteiger partial charge in [-0.25, -0.2) is 0 Å². The number of nitrogen functional groups attached to an aromatic ring is 1. The molecular weight excluding hydrogens is 709 g/mol. The Morgan fingerprint density at radius 2 is 1.65 bits per heavy atom. The van der Waals surface area contributed by atoms with Crippen LogP contribution in [0.2, 0.25) is 0 Å². The number of hydrogen-bond acceptors (Lipinski definition) is 7. The number of alkyl halides is 5. The first-order chi connectivity index (χ1) is 25.6. The zero-order valence-corrected chi connectivity index (χ0v) is 30.7. The van der Waals surface area contributed by atoms with Crippen molar-refractivity contribution in [3.8, 4) is 0 Å². The molecule has 54 heavy (non-hydrogen) atoms. The molecule has 3 heterocycles. The molecule has 1 aliphatic carbocycles. The van der Waals surface area contributed by atoms with Crippen LogP contribution in [0.1, 0.15) is 80.0 Å². The standard InChI is InChI=1S/C40H50F5N5O4/c1-3-39(41,42)30-22-27(23-31(36(30)46)40(43,44)45)24-33(37(53)50-16-12-28(13-17-50)49-20-18-48(2)19-21-49)54-35(52)9-8-26-10-14-38(15-11-26)25-34(51)47-32-7-5-4-6-29(32)38/h3-7,22-23,26,28,33H,1,8-21,24-25,46H2,2H3,(H,47,51)/t26?,33-,38?/m1/s1. The predicted molar refractivity (Wildman–Crippen MR) is 195 cm³/mol. The van der Waals surface area contributed by atoms with E-state index in [4.69, 9.17) is 10.5 Å². The van der Waals surface area contributed by atoms with Gasteiger partial charge in [-0.3, -0.25) is 19.3 Å². The number of nitrogens with one attached hydrogen (secondary N) is 1. The van der Waals surface area contributed by atoms with Crippen molar-refractivity contribution >= 4 is 29.2 Å². The van der Waals surface area contributed by atoms with Crippen molar-refractivity contribution in [2.24, 2.45) is 5.92 Å². The molecule has 1 spiro atoms. The average Bonchev–Trinajstić information content (AvgIpc) is 3.14. The van der Waals surface area contributed by atoms with Crippen LogP contribution >= 0.6 is 0 Å². The maximum Gasteiger partial charge on any atom is 0.418 e. The lowest BCUT2D eigenvalue weighted by atomic mass is 9.63. The maximum absolute atomic E-state index is 14.8. The number of amides is 2. The molecule has 294 valence electrons. The fourth-order valence-corrected chi connectivity index (χ4v) is 8.84. The van der Waals surface area contributed by atoms with Gasteiger partial charge in [0.2, 0.25) is 5.91 Å². The molecule has 1 saturated carbocycles. The molecule has 2 aromatic rings. The van der Waals surface area contributed by atoms with Gasteiger partial charge in [-0.2, -0.15) is 22.0 Å². The number of esters is 1. The predicted octanol–water partition coefficient (Wildman–Crippen LogP) is 6.51. The molecule has 3 N–H and O–H groups in total. The van der Waals surface area contributed by atoms with E-state index in [0.29, 0.717) is 44.8 Å². The van der Waals surface area contributed by atoms with Crippen LogP contribution in [-0.4, -0.2) is 90.9 Å². The van der Waals surface area contributed by atoms with Crippen LogP contribution in [0.5, 0.6) is 0 Å². The molecule has 3 fully saturated rings. The minimum absolute atomic E-state index is 0.0150. The van der Waals surface area contributed by atoms with Gasteiger partial charge in [-0.15, -0.1) is 0 Å². The van der Waals surface area contributed by atoms with E-state index in [1.54, 1.807) is 4.90 Å². The molecule has 0 aromatic heterocycles. The lowest BCUT2D eigenvalue weighted by molar-refractivity contribution is -0.161. The summed E-state index contributed by atoms with van der Waals surface area (Å²) in [5, 5.41) is 2.96. The molecule has 2 aromatic carbocycles. The first kappa shape index (κ1) is 39.6. The zero-order chi connectivity index (χ0) is 38.8. The number of likely N-dealkylation sites (N-methyl/N-ethyl adjacent to an activating group) is 1. The van der Waals surface area contributed by atoms with Crippen LogP contribution in [0.15, 0.2) is 49.1 Å². The van der Waals surface area contributed by atoms with E-state index in [-0.39, 0.29) is 41.3 Å². The van der Waals surface area contributed by atoms with Crippen molar-refractivity contribution in [1.82, 2.24) is 14.7 Å². The number of nitrogens with zero attached hydrogens (tertiary/aromatic N) is 3. The number of likely N-dealkylation sites (tertiary alicyclic amines) is 1. The zero-order valence-electron chi connectivity index (χ0n) is 30.7. The summed E-state index contributed by atoms with van der Waals surface area (Å²) in [6, 6.07) is 9.57. The van der Waals surface area contributed by atoms with E-state index in [9.17, 15) is 36.3 Å². The van der Waals surface area contributed by atoms with E-state index in [1.807, 2.05) is 18.2 Å². The Labute approximate surface area is 313 Å². The Kier molecular flexibility index (Phi) is 11.7. The molecular formula is C40H50F5N5O4. The van der Waals surface area contributed by atoms with Gasteiger partial charge < -0.3 is 25.6 Å². The average molecular weight is 760 g/mol. The molecule has 2 amide bonds. The highest BCUT2D eigenvalue weighted by atomic mass is 19.4. The minimum atomic E-state index is -5.06. The third kappa shape index (κ3) is 8.75. The normalized spacial score (nSPS) is 23.8. The summed E-state index contributed by atoms with van der Waals surface area (Å²) in [7, 11) is 2.07. The molecule has 14 heteroatoms. The first-order valence-corrected chi connectivity index (χ1v) is 18.9. The SMILES string of the molecule is C=CC(F)(F)c1cc(C[C@@H](OC(=O)CCC2CCC3(CC2)CC(=O)Nc2ccccc23)C(=O)N2CCC(N3CCN(C)CC3)CC2)cc(C(F)(F)F)c1N. The van der Waals surface area contributed by atoms with Crippen LogP contribution < -0.4 is 11.1 Å². The Hall–Kier alpha value is -4.04. The largest absolute Gasteiger partial charge is 0.452 e. The van der Waals surface area contributed by atoms with Crippen molar-refractivity contribution in [3.63, 3.8) is 0 Å². The van der Waals surface area contributed by atoms with E-state index >= 15 is 0 Å². The molecule has 0 bridgehead atoms. The summed E-state index contributed by atoms with van der Waals surface area (Å²) < 4.78 is 77.6. The van der Waals surface area contributed by atoms with Gasteiger partial charge in [-0.1, -0.05) is 24.8 Å². The summed E-state index contributed by atoms with van der Waals surface area (Å²) in [6.07, 6.45) is -1.59. The topological polar surface area (TPSA) is 108 Å². The summed E-state index contributed by atoms with van der Waals surface area (Å²) in [4.78, 5) is 46.2. The fraction of sp³-hybridized carbons (Fsp3) is 0.575. The number of nitrogens with two attached hydrogens (primary N) is 1. The summed E-state index contributed by atoms with van der Waals surface area (Å²) in [5.41, 5.74) is 3.38. The van der Waals surface area contributed by atoms with Crippen LogP contribution in [0.3, 0.4) is 0 Å². The van der Waals surface area contributed by atoms with Crippen molar-refractivity contribution in [3.05, 3.63) is 71.3 Å². The Bertz CT molecular complexity index is 1710. The highest BCUT2D eigenvalue weighted by Gasteiger charge is 2.43. The number of para-hydroxylation sites is 1. The van der Waals surface area contributed by atoms with Crippen LogP contribution in [0, 0.1) is 5.92 Å². The smallest absolute Gasteiger partial charge is 0.418 e. The van der Waals surface area contributed by atoms with Crippen molar-refractivity contribution < 1.29 is 41.1 Å². The monoisotopic (exact) mass is 759 g/mol. The number of carbonyl (C=O) groups is 3. The highest BCUT2D eigenvalue weighted by molar-refractivity contribution is 5.95. The summed E-state index contributed by atoms with van der Waals surface area (Å²) >= 11 is 0. The van der Waals surface area contributed by atoms with Gasteiger partial charge in [0, 0.05) is 81.2 Å². The number of rotatable bonds is 10. The molecule has 0 radical (unpaired) electrons. The molecule has 3 aliphatic heterocycles. The van der Waals surface area contributed by atoms with Gasteiger partial charge >= 0.3 is 12.1 Å². The van der Waals surface area contributed by atoms with Gasteiger partial charge in [0.15, 0.2) is 6.10 Å². The van der Waals surface area contributed by atoms with E-state index in [1.165, 1.54) is 0 Å². The van der Waals surface area contributed by atoms with Gasteiger partial charge in [0.05, 0.1) is 11.3 Å². The second-order valence-corrected chi connectivity index (χ2v) is 15.5.